The standard InChI is InChI=1S/C22H29NO8/c1-6-7-15(24)23-13-10-12-8-9-14(11(2)18(12)30-20(13)27)29-21-17(26)16(25)19(28-5)22(3,4)31-21/h8-10,16-17,19,21,25-26H,6-7H2,1-5H3,(H,23,24)/t16-,17+,19+,21+/m0/s1. The number of carbonyl (C=O) groups excluding carboxylic acids is 1. The maximum absolute atomic E-state index is 12.3. The minimum absolute atomic E-state index is 0.0699. The van der Waals surface area contributed by atoms with Gasteiger partial charge in [0.2, 0.25) is 12.2 Å². The molecule has 0 aliphatic carbocycles. The maximum Gasteiger partial charge on any atom is 0.360 e. The molecular weight excluding hydrogens is 406 g/mol. The number of nitrogens with one attached hydrogen (secondary N) is 1. The largest absolute Gasteiger partial charge is 0.462 e. The first-order chi connectivity index (χ1) is 14.6. The van der Waals surface area contributed by atoms with Crippen molar-refractivity contribution in [2.45, 2.75) is 70.7 Å². The van der Waals surface area contributed by atoms with Gasteiger partial charge in [-0.3, -0.25) is 4.79 Å². The van der Waals surface area contributed by atoms with E-state index in [-0.39, 0.29) is 17.2 Å². The van der Waals surface area contributed by atoms with Gasteiger partial charge >= 0.3 is 5.63 Å². The molecule has 0 saturated carbocycles. The predicted octanol–water partition coefficient (Wildman–Crippen LogP) is 2.09. The molecule has 4 atom stereocenters. The Balaban J connectivity index is 1.89. The van der Waals surface area contributed by atoms with Crippen molar-refractivity contribution in [3.8, 4) is 5.75 Å². The lowest BCUT2D eigenvalue weighted by molar-refractivity contribution is -0.306. The van der Waals surface area contributed by atoms with Crippen molar-refractivity contribution in [2.75, 3.05) is 12.4 Å². The molecule has 0 spiro atoms. The van der Waals surface area contributed by atoms with Crippen molar-refractivity contribution in [3.05, 3.63) is 34.2 Å². The van der Waals surface area contributed by atoms with Crippen LogP contribution in [0.2, 0.25) is 0 Å². The highest BCUT2D eigenvalue weighted by Gasteiger charge is 2.50. The van der Waals surface area contributed by atoms with Crippen molar-refractivity contribution in [1.29, 1.82) is 0 Å². The summed E-state index contributed by atoms with van der Waals surface area (Å²) in [6.45, 7) is 7.03. The molecular formula is C22H29NO8. The van der Waals surface area contributed by atoms with Gasteiger partial charge in [-0.2, -0.15) is 0 Å². The fraction of sp³-hybridized carbons (Fsp3) is 0.545. The third-order valence-electron chi connectivity index (χ3n) is 5.39. The van der Waals surface area contributed by atoms with E-state index in [0.717, 1.165) is 0 Å². The summed E-state index contributed by atoms with van der Waals surface area (Å²) >= 11 is 0. The molecule has 3 N–H and O–H groups in total. The summed E-state index contributed by atoms with van der Waals surface area (Å²) in [7, 11) is 1.43. The monoisotopic (exact) mass is 435 g/mol. The van der Waals surface area contributed by atoms with E-state index in [1.165, 1.54) is 7.11 Å². The van der Waals surface area contributed by atoms with E-state index in [1.807, 2.05) is 6.92 Å². The smallest absolute Gasteiger partial charge is 0.360 e. The molecule has 0 unspecified atom stereocenters. The van der Waals surface area contributed by atoms with Crippen molar-refractivity contribution >= 4 is 22.6 Å². The Morgan fingerprint density at radius 2 is 1.97 bits per heavy atom. The van der Waals surface area contributed by atoms with Gasteiger partial charge in [-0.15, -0.1) is 0 Å². The van der Waals surface area contributed by atoms with Crippen LogP contribution in [0.3, 0.4) is 0 Å². The van der Waals surface area contributed by atoms with Crippen LogP contribution in [0, 0.1) is 6.92 Å². The molecule has 1 aromatic carbocycles. The molecule has 0 bridgehead atoms. The highest BCUT2D eigenvalue weighted by molar-refractivity contribution is 5.93. The Morgan fingerprint density at radius 3 is 2.61 bits per heavy atom. The SMILES string of the molecule is CCCC(=O)Nc1cc2ccc(O[C@@H]3OC(C)(C)[C@H](OC)[C@@H](O)[C@H]3O)c(C)c2oc1=O. The van der Waals surface area contributed by atoms with Crippen LogP contribution in [0.25, 0.3) is 11.0 Å². The van der Waals surface area contributed by atoms with E-state index in [1.54, 1.807) is 39.0 Å². The quantitative estimate of drug-likeness (QED) is 0.589. The van der Waals surface area contributed by atoms with Crippen molar-refractivity contribution in [2.24, 2.45) is 0 Å². The number of aryl methyl sites for hydroxylation is 1. The number of rotatable bonds is 6. The van der Waals surface area contributed by atoms with Crippen LogP contribution in [0.5, 0.6) is 5.75 Å². The van der Waals surface area contributed by atoms with Gasteiger partial charge in [0.15, 0.2) is 0 Å². The maximum atomic E-state index is 12.3. The number of aliphatic hydroxyl groups is 2. The van der Waals surface area contributed by atoms with Gasteiger partial charge in [-0.25, -0.2) is 4.79 Å². The lowest BCUT2D eigenvalue weighted by Crippen LogP contribution is -2.63. The molecule has 1 aliphatic heterocycles. The van der Waals surface area contributed by atoms with E-state index in [4.69, 9.17) is 18.6 Å². The van der Waals surface area contributed by atoms with E-state index in [0.29, 0.717) is 29.5 Å². The number of aliphatic hydroxyl groups excluding tert-OH is 2. The molecule has 2 heterocycles. The van der Waals surface area contributed by atoms with Crippen molar-refractivity contribution in [1.82, 2.24) is 0 Å². The Morgan fingerprint density at radius 1 is 1.26 bits per heavy atom. The predicted molar refractivity (Wildman–Crippen MR) is 113 cm³/mol. The zero-order valence-electron chi connectivity index (χ0n) is 18.3. The first-order valence-electron chi connectivity index (χ1n) is 10.2. The van der Waals surface area contributed by atoms with Gasteiger partial charge in [-0.1, -0.05) is 6.92 Å². The summed E-state index contributed by atoms with van der Waals surface area (Å²) in [4.78, 5) is 24.2. The van der Waals surface area contributed by atoms with Crippen LogP contribution in [-0.2, 0) is 14.3 Å². The number of hydrogen-bond donors (Lipinski definition) is 3. The number of amides is 1. The molecule has 1 aromatic heterocycles. The Hall–Kier alpha value is -2.46. The van der Waals surface area contributed by atoms with Crippen LogP contribution in [0.4, 0.5) is 5.69 Å². The number of benzene rings is 1. The van der Waals surface area contributed by atoms with Gasteiger partial charge < -0.3 is 34.2 Å². The van der Waals surface area contributed by atoms with Crippen molar-refractivity contribution < 1.29 is 33.6 Å². The number of carbonyl (C=O) groups is 1. The molecule has 31 heavy (non-hydrogen) atoms. The second kappa shape index (κ2) is 8.96. The van der Waals surface area contributed by atoms with Gasteiger partial charge in [0.1, 0.15) is 35.3 Å². The Kier molecular flexibility index (Phi) is 6.70. The fourth-order valence-electron chi connectivity index (χ4n) is 3.79. The first-order valence-corrected chi connectivity index (χ1v) is 10.2. The molecule has 9 nitrogen and oxygen atoms in total. The van der Waals surface area contributed by atoms with E-state index < -0.39 is 35.8 Å². The number of ether oxygens (including phenoxy) is 3. The number of hydrogen-bond acceptors (Lipinski definition) is 8. The average Bonchev–Trinajstić information content (AvgIpc) is 2.69. The molecule has 1 saturated heterocycles. The fourth-order valence-corrected chi connectivity index (χ4v) is 3.79. The van der Waals surface area contributed by atoms with Gasteiger partial charge in [-0.05, 0) is 45.4 Å². The molecule has 1 amide bonds. The molecule has 1 fully saturated rings. The second-order valence-electron chi connectivity index (χ2n) is 8.20. The lowest BCUT2D eigenvalue weighted by Gasteiger charge is -2.46. The van der Waals surface area contributed by atoms with Crippen LogP contribution in [-0.4, -0.2) is 53.4 Å². The third-order valence-corrected chi connectivity index (χ3v) is 5.39. The average molecular weight is 435 g/mol. The van der Waals surface area contributed by atoms with Crippen LogP contribution < -0.4 is 15.7 Å². The highest BCUT2D eigenvalue weighted by atomic mass is 16.7. The van der Waals surface area contributed by atoms with Crippen molar-refractivity contribution in [3.63, 3.8) is 0 Å². The van der Waals surface area contributed by atoms with E-state index in [9.17, 15) is 19.8 Å². The first kappa shape index (κ1) is 23.2. The number of anilines is 1. The molecule has 170 valence electrons. The zero-order chi connectivity index (χ0) is 22.9. The summed E-state index contributed by atoms with van der Waals surface area (Å²) in [5, 5.41) is 24.0. The van der Waals surface area contributed by atoms with Crippen LogP contribution >= 0.6 is 0 Å². The van der Waals surface area contributed by atoms with Crippen LogP contribution in [0.15, 0.2) is 27.4 Å². The highest BCUT2D eigenvalue weighted by Crippen LogP contribution is 2.35. The Bertz CT molecular complexity index is 1010. The third kappa shape index (κ3) is 4.59. The molecule has 0 radical (unpaired) electrons. The minimum Gasteiger partial charge on any atom is -0.462 e. The summed E-state index contributed by atoms with van der Waals surface area (Å²) in [5.74, 6) is 0.0612. The molecule has 1 aliphatic rings. The molecule has 2 aromatic rings. The van der Waals surface area contributed by atoms with Crippen LogP contribution in [0.1, 0.15) is 39.2 Å². The van der Waals surface area contributed by atoms with E-state index in [2.05, 4.69) is 5.32 Å². The molecule has 9 heteroatoms. The normalized spacial score (nSPS) is 25.4. The summed E-state index contributed by atoms with van der Waals surface area (Å²) in [6, 6.07) is 4.87. The second-order valence-corrected chi connectivity index (χ2v) is 8.20. The number of methoxy groups -OCH3 is 1. The summed E-state index contributed by atoms with van der Waals surface area (Å²) < 4.78 is 22.4. The summed E-state index contributed by atoms with van der Waals surface area (Å²) in [6.07, 6.45) is -3.50. The molecule has 3 rings (SSSR count). The topological polar surface area (TPSA) is 127 Å². The lowest BCUT2D eigenvalue weighted by atomic mass is 9.89. The number of fused-ring (bicyclic) bond motifs is 1. The summed E-state index contributed by atoms with van der Waals surface area (Å²) in [5.41, 5.74) is -0.721. The van der Waals surface area contributed by atoms with Gasteiger partial charge in [0.05, 0.1) is 5.60 Å². The van der Waals surface area contributed by atoms with Gasteiger partial charge in [0.25, 0.3) is 0 Å². The van der Waals surface area contributed by atoms with Gasteiger partial charge in [0, 0.05) is 24.5 Å². The zero-order valence-corrected chi connectivity index (χ0v) is 18.3. The minimum atomic E-state index is -1.35. The Labute approximate surface area is 179 Å². The van der Waals surface area contributed by atoms with E-state index >= 15 is 0 Å².